The maximum atomic E-state index is 12.9. The van der Waals surface area contributed by atoms with Crippen LogP contribution in [0.15, 0.2) is 6.20 Å². The minimum atomic E-state index is -4.47. The van der Waals surface area contributed by atoms with Crippen molar-refractivity contribution in [3.8, 4) is 0 Å². The van der Waals surface area contributed by atoms with Crippen LogP contribution in [0.25, 0.3) is 0 Å². The molecular weight excluding hydrogens is 301 g/mol. The second-order valence-corrected chi connectivity index (χ2v) is 6.82. The summed E-state index contributed by atoms with van der Waals surface area (Å²) in [5.74, 6) is -0.157. The number of carbonyl (C=O) groups is 1. The SMILES string of the molecule is O=C(c1cnc(C(F)(F)F)s1)C1(N2CCCC2)CCCC1. The molecule has 1 aliphatic heterocycles. The van der Waals surface area contributed by atoms with Crippen molar-refractivity contribution in [2.45, 2.75) is 50.2 Å². The quantitative estimate of drug-likeness (QED) is 0.796. The first-order valence-electron chi connectivity index (χ1n) is 7.26. The molecule has 2 heterocycles. The van der Waals surface area contributed by atoms with Crippen LogP contribution in [0.4, 0.5) is 13.2 Å². The van der Waals surface area contributed by atoms with E-state index in [1.54, 1.807) is 0 Å². The number of ketones is 1. The van der Waals surface area contributed by atoms with Gasteiger partial charge in [0.2, 0.25) is 0 Å². The summed E-state index contributed by atoms with van der Waals surface area (Å²) in [6, 6.07) is 0. The minimum absolute atomic E-state index is 0.149. The molecule has 1 saturated carbocycles. The number of hydrogen-bond donors (Lipinski definition) is 0. The van der Waals surface area contributed by atoms with E-state index in [-0.39, 0.29) is 10.7 Å². The molecular formula is C14H17F3N2OS. The van der Waals surface area contributed by atoms with E-state index >= 15 is 0 Å². The molecule has 3 nitrogen and oxygen atoms in total. The van der Waals surface area contributed by atoms with Crippen LogP contribution in [0.3, 0.4) is 0 Å². The van der Waals surface area contributed by atoms with Crippen LogP contribution in [0, 0.1) is 0 Å². The van der Waals surface area contributed by atoms with Gasteiger partial charge in [-0.05, 0) is 38.8 Å². The fourth-order valence-electron chi connectivity index (χ4n) is 3.53. The van der Waals surface area contributed by atoms with E-state index in [4.69, 9.17) is 0 Å². The van der Waals surface area contributed by atoms with Gasteiger partial charge in [-0.15, -0.1) is 11.3 Å². The van der Waals surface area contributed by atoms with Gasteiger partial charge in [0.05, 0.1) is 10.4 Å². The van der Waals surface area contributed by atoms with Gasteiger partial charge in [-0.25, -0.2) is 4.98 Å². The molecule has 0 amide bonds. The number of halogens is 3. The van der Waals surface area contributed by atoms with Crippen LogP contribution in [0.1, 0.15) is 53.2 Å². The molecule has 1 saturated heterocycles. The number of aromatic nitrogens is 1. The molecule has 1 aromatic heterocycles. The first-order valence-corrected chi connectivity index (χ1v) is 8.08. The molecule has 0 spiro atoms. The Morgan fingerprint density at radius 2 is 1.81 bits per heavy atom. The number of rotatable bonds is 3. The monoisotopic (exact) mass is 318 g/mol. The number of likely N-dealkylation sites (tertiary alicyclic amines) is 1. The van der Waals surface area contributed by atoms with Gasteiger partial charge in [0.15, 0.2) is 10.8 Å². The Hall–Kier alpha value is -0.950. The summed E-state index contributed by atoms with van der Waals surface area (Å²) in [4.78, 5) is 18.6. The van der Waals surface area contributed by atoms with E-state index in [2.05, 4.69) is 9.88 Å². The smallest absolute Gasteiger partial charge is 0.291 e. The van der Waals surface area contributed by atoms with E-state index in [9.17, 15) is 18.0 Å². The van der Waals surface area contributed by atoms with E-state index < -0.39 is 16.7 Å². The number of carbonyl (C=O) groups excluding carboxylic acids is 1. The van der Waals surface area contributed by atoms with Gasteiger partial charge in [0.25, 0.3) is 0 Å². The van der Waals surface area contributed by atoms with E-state index in [0.29, 0.717) is 11.3 Å². The van der Waals surface area contributed by atoms with Crippen molar-refractivity contribution in [2.24, 2.45) is 0 Å². The Balaban J connectivity index is 1.89. The largest absolute Gasteiger partial charge is 0.443 e. The van der Waals surface area contributed by atoms with Crippen LogP contribution in [-0.4, -0.2) is 34.3 Å². The Labute approximate surface area is 125 Å². The number of Topliss-reactive ketones (excluding diaryl/α,β-unsaturated/α-hetero) is 1. The van der Waals surface area contributed by atoms with Crippen molar-refractivity contribution >= 4 is 17.1 Å². The van der Waals surface area contributed by atoms with Crippen molar-refractivity contribution in [3.05, 3.63) is 16.1 Å². The normalized spacial score (nSPS) is 22.8. The molecule has 0 N–H and O–H groups in total. The van der Waals surface area contributed by atoms with Crippen molar-refractivity contribution < 1.29 is 18.0 Å². The third kappa shape index (κ3) is 2.61. The Morgan fingerprint density at radius 3 is 2.33 bits per heavy atom. The summed E-state index contributed by atoms with van der Waals surface area (Å²) in [6.45, 7) is 1.74. The van der Waals surface area contributed by atoms with Crippen LogP contribution in [0.2, 0.25) is 0 Å². The third-order valence-electron chi connectivity index (χ3n) is 4.54. The molecule has 1 aliphatic carbocycles. The number of nitrogens with zero attached hydrogens (tertiary/aromatic N) is 2. The zero-order valence-electron chi connectivity index (χ0n) is 11.6. The topological polar surface area (TPSA) is 33.2 Å². The average molecular weight is 318 g/mol. The fraction of sp³-hybridized carbons (Fsp3) is 0.714. The molecule has 0 bridgehead atoms. The summed E-state index contributed by atoms with van der Waals surface area (Å²) >= 11 is 0.480. The lowest BCUT2D eigenvalue weighted by Crippen LogP contribution is -2.51. The zero-order chi connectivity index (χ0) is 15.1. The zero-order valence-corrected chi connectivity index (χ0v) is 12.4. The maximum Gasteiger partial charge on any atom is 0.443 e. The Morgan fingerprint density at radius 1 is 1.19 bits per heavy atom. The molecule has 3 rings (SSSR count). The summed E-state index contributed by atoms with van der Waals surface area (Å²) in [6.07, 6.45) is 2.19. The van der Waals surface area contributed by atoms with Crippen molar-refractivity contribution in [2.75, 3.05) is 13.1 Å². The molecule has 7 heteroatoms. The Kier molecular flexibility index (Phi) is 3.81. The Bertz CT molecular complexity index is 529. The molecule has 0 radical (unpaired) electrons. The fourth-order valence-corrected chi connectivity index (χ4v) is 4.35. The molecule has 1 aromatic rings. The van der Waals surface area contributed by atoms with Gasteiger partial charge >= 0.3 is 6.18 Å². The van der Waals surface area contributed by atoms with E-state index in [1.165, 1.54) is 0 Å². The standard InChI is InChI=1S/C14H17F3N2OS/c15-14(16,17)12-18-9-10(21-12)11(20)13(5-1-2-6-13)19-7-3-4-8-19/h9H,1-8H2. The first kappa shape index (κ1) is 15.0. The highest BCUT2D eigenvalue weighted by Crippen LogP contribution is 2.42. The van der Waals surface area contributed by atoms with Gasteiger partial charge < -0.3 is 0 Å². The lowest BCUT2D eigenvalue weighted by Gasteiger charge is -2.36. The predicted molar refractivity (Wildman–Crippen MR) is 73.5 cm³/mol. The lowest BCUT2D eigenvalue weighted by atomic mass is 9.89. The van der Waals surface area contributed by atoms with Gasteiger partial charge in [-0.3, -0.25) is 9.69 Å². The number of alkyl halides is 3. The minimum Gasteiger partial charge on any atom is -0.291 e. The summed E-state index contributed by atoms with van der Waals surface area (Å²) < 4.78 is 38.0. The molecule has 0 atom stereocenters. The van der Waals surface area contributed by atoms with Crippen molar-refractivity contribution in [3.63, 3.8) is 0 Å². The highest BCUT2D eigenvalue weighted by atomic mass is 32.1. The van der Waals surface area contributed by atoms with Crippen molar-refractivity contribution in [1.82, 2.24) is 9.88 Å². The maximum absolute atomic E-state index is 12.9. The van der Waals surface area contributed by atoms with Crippen LogP contribution >= 0.6 is 11.3 Å². The summed E-state index contributed by atoms with van der Waals surface area (Å²) in [5, 5.41) is -0.930. The molecule has 2 aliphatic rings. The van der Waals surface area contributed by atoms with Crippen LogP contribution in [0.5, 0.6) is 0 Å². The highest BCUT2D eigenvalue weighted by Gasteiger charge is 2.48. The molecule has 0 aromatic carbocycles. The van der Waals surface area contributed by atoms with Gasteiger partial charge in [-0.1, -0.05) is 12.8 Å². The second-order valence-electron chi connectivity index (χ2n) is 5.79. The lowest BCUT2D eigenvalue weighted by molar-refractivity contribution is -0.137. The highest BCUT2D eigenvalue weighted by molar-refractivity contribution is 7.13. The number of thiazole rings is 1. The van der Waals surface area contributed by atoms with E-state index in [1.807, 2.05) is 0 Å². The van der Waals surface area contributed by atoms with Gasteiger partial charge in [0, 0.05) is 6.20 Å². The molecule has 21 heavy (non-hydrogen) atoms. The summed E-state index contributed by atoms with van der Waals surface area (Å²) in [5.41, 5.74) is -0.577. The predicted octanol–water partition coefficient (Wildman–Crippen LogP) is 3.75. The first-order chi connectivity index (χ1) is 9.93. The molecule has 116 valence electrons. The average Bonchev–Trinajstić information content (AvgIpc) is 3.17. The third-order valence-corrected chi connectivity index (χ3v) is 5.58. The van der Waals surface area contributed by atoms with Gasteiger partial charge in [-0.2, -0.15) is 13.2 Å². The second kappa shape index (κ2) is 5.35. The van der Waals surface area contributed by atoms with Gasteiger partial charge in [0.1, 0.15) is 0 Å². The molecule has 0 unspecified atom stereocenters. The van der Waals surface area contributed by atoms with Crippen LogP contribution < -0.4 is 0 Å². The molecule has 2 fully saturated rings. The number of hydrogen-bond acceptors (Lipinski definition) is 4. The van der Waals surface area contributed by atoms with Crippen molar-refractivity contribution in [1.29, 1.82) is 0 Å². The summed E-state index contributed by atoms with van der Waals surface area (Å²) in [7, 11) is 0. The van der Waals surface area contributed by atoms with E-state index in [0.717, 1.165) is 57.8 Å². The van der Waals surface area contributed by atoms with Crippen LogP contribution in [-0.2, 0) is 6.18 Å².